The number of hydrogen-bond acceptors (Lipinski definition) is 3. The molecule has 0 radical (unpaired) electrons. The van der Waals surface area contributed by atoms with Crippen molar-refractivity contribution in [2.24, 2.45) is 0 Å². The van der Waals surface area contributed by atoms with Crippen molar-refractivity contribution in [3.05, 3.63) is 41.6 Å². The van der Waals surface area contributed by atoms with Gasteiger partial charge in [0.1, 0.15) is 5.82 Å². The Morgan fingerprint density at radius 1 is 1.33 bits per heavy atom. The molecule has 0 unspecified atom stereocenters. The monoisotopic (exact) mass is 285 g/mol. The summed E-state index contributed by atoms with van der Waals surface area (Å²) in [6, 6.07) is 9.31. The number of nitrogens with two attached hydrogens (primary N) is 1. The maximum atomic E-state index is 10.8. The Morgan fingerprint density at radius 2 is 2.10 bits per heavy atom. The van der Waals surface area contributed by atoms with Gasteiger partial charge in [0.15, 0.2) is 0 Å². The zero-order valence-electron chi connectivity index (χ0n) is 11.8. The summed E-state index contributed by atoms with van der Waals surface area (Å²) in [5, 5.41) is 13.5. The van der Waals surface area contributed by atoms with Crippen molar-refractivity contribution in [1.82, 2.24) is 9.78 Å². The highest BCUT2D eigenvalue weighted by molar-refractivity contribution is 5.70. The molecule has 5 nitrogen and oxygen atoms in total. The summed E-state index contributed by atoms with van der Waals surface area (Å²) >= 11 is 0. The SMILES string of the molecule is Nc1cc(C2CCCC2)nn1-c1cccc(CC(=O)O)c1. The summed E-state index contributed by atoms with van der Waals surface area (Å²) in [5.74, 6) is 0.271. The molecule has 21 heavy (non-hydrogen) atoms. The Balaban J connectivity index is 1.91. The van der Waals surface area contributed by atoms with Crippen LogP contribution in [0.15, 0.2) is 30.3 Å². The van der Waals surface area contributed by atoms with E-state index in [4.69, 9.17) is 10.8 Å². The first-order valence-electron chi connectivity index (χ1n) is 7.30. The quantitative estimate of drug-likeness (QED) is 0.905. The van der Waals surface area contributed by atoms with E-state index < -0.39 is 5.97 Å². The third-order valence-electron chi connectivity index (χ3n) is 4.04. The Kier molecular flexibility index (Phi) is 3.64. The molecule has 1 saturated carbocycles. The second-order valence-electron chi connectivity index (χ2n) is 5.63. The van der Waals surface area contributed by atoms with Crippen LogP contribution < -0.4 is 5.73 Å². The Morgan fingerprint density at radius 3 is 2.81 bits per heavy atom. The normalized spacial score (nSPS) is 15.4. The summed E-state index contributed by atoms with van der Waals surface area (Å²) in [4.78, 5) is 10.8. The van der Waals surface area contributed by atoms with Gasteiger partial charge in [0, 0.05) is 12.0 Å². The molecule has 1 fully saturated rings. The third-order valence-corrected chi connectivity index (χ3v) is 4.04. The molecule has 1 aliphatic rings. The molecule has 3 N–H and O–H groups in total. The van der Waals surface area contributed by atoms with E-state index in [1.807, 2.05) is 24.3 Å². The van der Waals surface area contributed by atoms with Crippen LogP contribution in [-0.4, -0.2) is 20.9 Å². The van der Waals surface area contributed by atoms with Crippen molar-refractivity contribution >= 4 is 11.8 Å². The first kappa shape index (κ1) is 13.7. The average molecular weight is 285 g/mol. The largest absolute Gasteiger partial charge is 0.481 e. The van der Waals surface area contributed by atoms with E-state index in [9.17, 15) is 4.79 Å². The molecule has 1 aliphatic carbocycles. The lowest BCUT2D eigenvalue weighted by molar-refractivity contribution is -0.136. The fourth-order valence-corrected chi connectivity index (χ4v) is 3.02. The predicted octanol–water partition coefficient (Wildman–Crippen LogP) is 2.74. The van der Waals surface area contributed by atoms with Crippen LogP contribution in [0.1, 0.15) is 42.9 Å². The molecule has 0 aliphatic heterocycles. The summed E-state index contributed by atoms with van der Waals surface area (Å²) in [6.07, 6.45) is 4.87. The second kappa shape index (κ2) is 5.60. The fourth-order valence-electron chi connectivity index (χ4n) is 3.02. The molecule has 0 saturated heterocycles. The molecule has 1 heterocycles. The van der Waals surface area contributed by atoms with Gasteiger partial charge >= 0.3 is 5.97 Å². The number of anilines is 1. The van der Waals surface area contributed by atoms with Crippen molar-refractivity contribution in [3.63, 3.8) is 0 Å². The van der Waals surface area contributed by atoms with E-state index in [2.05, 4.69) is 5.10 Å². The van der Waals surface area contributed by atoms with Crippen LogP contribution in [0.5, 0.6) is 0 Å². The number of aromatic nitrogens is 2. The number of carbonyl (C=O) groups is 1. The minimum Gasteiger partial charge on any atom is -0.481 e. The van der Waals surface area contributed by atoms with E-state index in [0.717, 1.165) is 16.9 Å². The molecule has 110 valence electrons. The van der Waals surface area contributed by atoms with Crippen LogP contribution in [0.25, 0.3) is 5.69 Å². The second-order valence-corrected chi connectivity index (χ2v) is 5.63. The van der Waals surface area contributed by atoms with Gasteiger partial charge in [0.2, 0.25) is 0 Å². The summed E-state index contributed by atoms with van der Waals surface area (Å²) in [6.45, 7) is 0. The smallest absolute Gasteiger partial charge is 0.307 e. The molecular formula is C16H19N3O2. The van der Waals surface area contributed by atoms with Crippen LogP contribution in [0.3, 0.4) is 0 Å². The van der Waals surface area contributed by atoms with Crippen LogP contribution in [-0.2, 0) is 11.2 Å². The standard InChI is InChI=1S/C16H19N3O2/c17-15-10-14(12-5-1-2-6-12)18-19(15)13-7-3-4-11(8-13)9-16(20)21/h3-4,7-8,10,12H,1-2,5-6,9,17H2,(H,20,21). The Labute approximate surface area is 123 Å². The Bertz CT molecular complexity index is 657. The van der Waals surface area contributed by atoms with Crippen LogP contribution in [0.2, 0.25) is 0 Å². The molecule has 1 aromatic heterocycles. The lowest BCUT2D eigenvalue weighted by atomic mass is 10.1. The molecule has 0 bridgehead atoms. The predicted molar refractivity (Wildman–Crippen MR) is 80.5 cm³/mol. The van der Waals surface area contributed by atoms with Gasteiger partial charge in [-0.25, -0.2) is 4.68 Å². The molecule has 2 aromatic rings. The topological polar surface area (TPSA) is 81.1 Å². The van der Waals surface area contributed by atoms with Gasteiger partial charge < -0.3 is 10.8 Å². The van der Waals surface area contributed by atoms with Crippen molar-refractivity contribution in [3.8, 4) is 5.69 Å². The van der Waals surface area contributed by atoms with E-state index in [0.29, 0.717) is 11.7 Å². The zero-order valence-corrected chi connectivity index (χ0v) is 11.8. The van der Waals surface area contributed by atoms with Crippen molar-refractivity contribution in [2.45, 2.75) is 38.0 Å². The highest BCUT2D eigenvalue weighted by Gasteiger charge is 2.21. The Hall–Kier alpha value is -2.30. The number of carboxylic acid groups (broad SMARTS) is 1. The van der Waals surface area contributed by atoms with E-state index in [1.54, 1.807) is 10.7 Å². The summed E-state index contributed by atoms with van der Waals surface area (Å²) in [5.41, 5.74) is 8.69. The molecule has 0 spiro atoms. The number of carboxylic acids is 1. The van der Waals surface area contributed by atoms with E-state index >= 15 is 0 Å². The minimum atomic E-state index is -0.841. The maximum Gasteiger partial charge on any atom is 0.307 e. The molecule has 0 amide bonds. The van der Waals surface area contributed by atoms with Gasteiger partial charge in [-0.3, -0.25) is 4.79 Å². The van der Waals surface area contributed by atoms with Crippen molar-refractivity contribution in [1.29, 1.82) is 0 Å². The lowest BCUT2D eigenvalue weighted by Gasteiger charge is -2.07. The van der Waals surface area contributed by atoms with Gasteiger partial charge in [0.25, 0.3) is 0 Å². The third kappa shape index (κ3) is 2.91. The summed E-state index contributed by atoms with van der Waals surface area (Å²) < 4.78 is 1.71. The van der Waals surface area contributed by atoms with Gasteiger partial charge in [0.05, 0.1) is 17.8 Å². The molecular weight excluding hydrogens is 266 g/mol. The number of aliphatic carboxylic acids is 1. The molecule has 1 aromatic carbocycles. The van der Waals surface area contributed by atoms with Crippen LogP contribution >= 0.6 is 0 Å². The van der Waals surface area contributed by atoms with Gasteiger partial charge in [-0.2, -0.15) is 5.10 Å². The van der Waals surface area contributed by atoms with Crippen LogP contribution in [0.4, 0.5) is 5.82 Å². The lowest BCUT2D eigenvalue weighted by Crippen LogP contribution is -2.05. The number of nitrogen functional groups attached to an aromatic ring is 1. The average Bonchev–Trinajstić information content (AvgIpc) is 3.07. The van der Waals surface area contributed by atoms with E-state index in [1.165, 1.54) is 25.7 Å². The maximum absolute atomic E-state index is 10.8. The first-order chi connectivity index (χ1) is 10.1. The molecule has 3 rings (SSSR count). The minimum absolute atomic E-state index is 0.00446. The summed E-state index contributed by atoms with van der Waals surface area (Å²) in [7, 11) is 0. The van der Waals surface area contributed by atoms with Gasteiger partial charge in [-0.1, -0.05) is 25.0 Å². The van der Waals surface area contributed by atoms with Gasteiger partial charge in [-0.05, 0) is 30.5 Å². The number of hydrogen-bond donors (Lipinski definition) is 2. The van der Waals surface area contributed by atoms with Gasteiger partial charge in [-0.15, -0.1) is 0 Å². The zero-order chi connectivity index (χ0) is 14.8. The highest BCUT2D eigenvalue weighted by atomic mass is 16.4. The van der Waals surface area contributed by atoms with E-state index in [-0.39, 0.29) is 6.42 Å². The number of rotatable bonds is 4. The molecule has 0 atom stereocenters. The van der Waals surface area contributed by atoms with Crippen molar-refractivity contribution in [2.75, 3.05) is 5.73 Å². The number of nitrogens with zero attached hydrogens (tertiary/aromatic N) is 2. The highest BCUT2D eigenvalue weighted by Crippen LogP contribution is 2.34. The van der Waals surface area contributed by atoms with Crippen molar-refractivity contribution < 1.29 is 9.90 Å². The molecule has 5 heteroatoms. The fraction of sp³-hybridized carbons (Fsp3) is 0.375. The van der Waals surface area contributed by atoms with Crippen LogP contribution in [0, 0.1) is 0 Å². The first-order valence-corrected chi connectivity index (χ1v) is 7.30. The number of benzene rings is 1.